The quantitative estimate of drug-likeness (QED) is 0.569. The van der Waals surface area contributed by atoms with Crippen molar-refractivity contribution in [2.45, 2.75) is 4.90 Å². The third-order valence-electron chi connectivity index (χ3n) is 1.99. The van der Waals surface area contributed by atoms with Gasteiger partial charge in [-0.05, 0) is 24.3 Å². The summed E-state index contributed by atoms with van der Waals surface area (Å²) in [4.78, 5) is 3.57. The second-order valence-electron chi connectivity index (χ2n) is 2.96. The van der Waals surface area contributed by atoms with E-state index in [9.17, 15) is 13.5 Å². The summed E-state index contributed by atoms with van der Waals surface area (Å²) in [6, 6.07) is 5.30. The van der Waals surface area contributed by atoms with Crippen LogP contribution < -0.4 is 0 Å². The van der Waals surface area contributed by atoms with Gasteiger partial charge >= 0.3 is 29.6 Å². The summed E-state index contributed by atoms with van der Waals surface area (Å²) in [7, 11) is -4.30. The summed E-state index contributed by atoms with van der Waals surface area (Å²) >= 11 is 0. The predicted octanol–water partition coefficient (Wildman–Crippen LogP) is 0.539. The number of hydrogen-bond donors (Lipinski definition) is 2. The van der Waals surface area contributed by atoms with Crippen LogP contribution in [0.2, 0.25) is 0 Å². The van der Waals surface area contributed by atoms with Crippen LogP contribution in [0.5, 0.6) is 5.75 Å². The Balaban J connectivity index is 0.00000128. The summed E-state index contributed by atoms with van der Waals surface area (Å²) in [5.41, 5.74) is 0.146. The van der Waals surface area contributed by atoms with Gasteiger partial charge in [-0.15, -0.1) is 0 Å². The number of nitrogens with zero attached hydrogens (tertiary/aromatic N) is 1. The first kappa shape index (κ1) is 13.4. The van der Waals surface area contributed by atoms with Crippen molar-refractivity contribution < 1.29 is 18.1 Å². The molecule has 0 aliphatic carbocycles. The molecular weight excluding hydrogens is 241 g/mol. The zero-order valence-corrected chi connectivity index (χ0v) is 8.27. The molecule has 2 aromatic rings. The Kier molecular flexibility index (Phi) is 3.92. The molecule has 7 heteroatoms. The molecule has 1 aromatic carbocycles. The summed E-state index contributed by atoms with van der Waals surface area (Å²) in [6.07, 6.45) is 1.43. The standard InChI is InChI=1S/C9H7NO4S.Na.H/c11-7-3-4-8(15(12,13)14)6-2-1-5-10-9(6)7;;/h1-5,11H,(H,12,13,14);;. The van der Waals surface area contributed by atoms with Crippen LogP contribution >= 0.6 is 0 Å². The second-order valence-corrected chi connectivity index (χ2v) is 4.35. The monoisotopic (exact) mass is 249 g/mol. The molecule has 0 saturated carbocycles. The van der Waals surface area contributed by atoms with E-state index in [1.807, 2.05) is 0 Å². The van der Waals surface area contributed by atoms with Crippen molar-refractivity contribution in [1.29, 1.82) is 0 Å². The van der Waals surface area contributed by atoms with E-state index in [2.05, 4.69) is 4.98 Å². The van der Waals surface area contributed by atoms with Crippen LogP contribution in [-0.2, 0) is 10.1 Å². The van der Waals surface area contributed by atoms with Crippen molar-refractivity contribution in [3.05, 3.63) is 30.5 Å². The Morgan fingerprint density at radius 3 is 2.50 bits per heavy atom. The third-order valence-corrected chi connectivity index (χ3v) is 2.90. The first-order valence-corrected chi connectivity index (χ1v) is 5.48. The number of fused-ring (bicyclic) bond motifs is 1. The molecule has 80 valence electrons. The van der Waals surface area contributed by atoms with Gasteiger partial charge in [-0.25, -0.2) is 0 Å². The molecule has 2 rings (SSSR count). The maximum absolute atomic E-state index is 11.0. The number of phenols is 1. The fourth-order valence-corrected chi connectivity index (χ4v) is 2.04. The Morgan fingerprint density at radius 1 is 1.19 bits per heavy atom. The zero-order valence-electron chi connectivity index (χ0n) is 7.45. The molecule has 0 fully saturated rings. The number of rotatable bonds is 1. The molecule has 0 radical (unpaired) electrons. The van der Waals surface area contributed by atoms with Crippen molar-refractivity contribution in [3.8, 4) is 5.75 Å². The molecule has 0 aliphatic heterocycles. The van der Waals surface area contributed by atoms with E-state index in [1.165, 1.54) is 24.4 Å². The minimum atomic E-state index is -4.30. The summed E-state index contributed by atoms with van der Waals surface area (Å²) in [5, 5.41) is 9.62. The van der Waals surface area contributed by atoms with E-state index < -0.39 is 10.1 Å². The normalized spacial score (nSPS) is 11.1. The summed E-state index contributed by atoms with van der Waals surface area (Å²) in [6.45, 7) is 0. The van der Waals surface area contributed by atoms with E-state index in [4.69, 9.17) is 4.55 Å². The van der Waals surface area contributed by atoms with Crippen LogP contribution in [0.15, 0.2) is 35.4 Å². The SMILES string of the molecule is O=S(=O)(O)c1ccc(O)c2ncccc12.[NaH]. The van der Waals surface area contributed by atoms with E-state index in [1.54, 1.807) is 0 Å². The average molecular weight is 249 g/mol. The Hall–Kier alpha value is -0.660. The molecule has 1 aromatic heterocycles. The number of pyridine rings is 1. The minimum absolute atomic E-state index is 0. The Morgan fingerprint density at radius 2 is 1.88 bits per heavy atom. The first-order chi connectivity index (χ1) is 7.00. The molecular formula is C9H8NNaO4S. The number of phenolic OH excluding ortho intramolecular Hbond substituents is 1. The van der Waals surface area contributed by atoms with Gasteiger partial charge in [0, 0.05) is 11.6 Å². The van der Waals surface area contributed by atoms with Crippen molar-refractivity contribution >= 4 is 50.6 Å². The second kappa shape index (κ2) is 4.68. The van der Waals surface area contributed by atoms with Crippen LogP contribution in [-0.4, -0.2) is 52.6 Å². The van der Waals surface area contributed by atoms with E-state index in [0.717, 1.165) is 6.07 Å². The molecule has 1 heterocycles. The van der Waals surface area contributed by atoms with Crippen molar-refractivity contribution in [1.82, 2.24) is 4.98 Å². The van der Waals surface area contributed by atoms with Crippen LogP contribution in [0, 0.1) is 0 Å². The van der Waals surface area contributed by atoms with Crippen LogP contribution in [0.3, 0.4) is 0 Å². The van der Waals surface area contributed by atoms with Gasteiger partial charge in [-0.2, -0.15) is 8.42 Å². The molecule has 16 heavy (non-hydrogen) atoms. The van der Waals surface area contributed by atoms with Crippen molar-refractivity contribution in [2.24, 2.45) is 0 Å². The number of benzene rings is 1. The molecule has 0 saturated heterocycles. The van der Waals surface area contributed by atoms with Crippen molar-refractivity contribution in [3.63, 3.8) is 0 Å². The predicted molar refractivity (Wildman–Crippen MR) is 60.4 cm³/mol. The zero-order chi connectivity index (χ0) is 11.1. The van der Waals surface area contributed by atoms with Gasteiger partial charge in [0.25, 0.3) is 10.1 Å². The molecule has 0 amide bonds. The van der Waals surface area contributed by atoms with Gasteiger partial charge < -0.3 is 5.11 Å². The molecule has 0 aliphatic rings. The third kappa shape index (κ3) is 2.36. The summed E-state index contributed by atoms with van der Waals surface area (Å²) < 4.78 is 30.9. The van der Waals surface area contributed by atoms with Gasteiger partial charge in [0.1, 0.15) is 16.2 Å². The fourth-order valence-electron chi connectivity index (χ4n) is 1.36. The van der Waals surface area contributed by atoms with Crippen molar-refractivity contribution in [2.75, 3.05) is 0 Å². The average Bonchev–Trinajstić information content (AvgIpc) is 2.17. The van der Waals surface area contributed by atoms with Gasteiger partial charge in [-0.1, -0.05) is 0 Å². The van der Waals surface area contributed by atoms with E-state index in [-0.39, 0.29) is 51.1 Å². The molecule has 0 spiro atoms. The number of aromatic nitrogens is 1. The fraction of sp³-hybridized carbons (Fsp3) is 0. The topological polar surface area (TPSA) is 87.5 Å². The Labute approximate surface area is 114 Å². The van der Waals surface area contributed by atoms with Crippen LogP contribution in [0.4, 0.5) is 0 Å². The van der Waals surface area contributed by atoms with Gasteiger partial charge in [-0.3, -0.25) is 9.54 Å². The van der Waals surface area contributed by atoms with Crippen LogP contribution in [0.1, 0.15) is 0 Å². The molecule has 0 unspecified atom stereocenters. The van der Waals surface area contributed by atoms with E-state index in [0.29, 0.717) is 0 Å². The van der Waals surface area contributed by atoms with Gasteiger partial charge in [0.05, 0.1) is 0 Å². The van der Waals surface area contributed by atoms with Gasteiger partial charge in [0.2, 0.25) is 0 Å². The molecule has 0 atom stereocenters. The van der Waals surface area contributed by atoms with Gasteiger partial charge in [0.15, 0.2) is 0 Å². The van der Waals surface area contributed by atoms with Crippen LogP contribution in [0.25, 0.3) is 10.9 Å². The summed E-state index contributed by atoms with van der Waals surface area (Å²) in [5.74, 6) is -0.127. The number of hydrogen-bond acceptors (Lipinski definition) is 4. The van der Waals surface area contributed by atoms with E-state index >= 15 is 0 Å². The first-order valence-electron chi connectivity index (χ1n) is 4.04. The molecule has 0 bridgehead atoms. The Bertz CT molecular complexity index is 626. The molecule has 2 N–H and O–H groups in total. The number of aromatic hydroxyl groups is 1. The maximum atomic E-state index is 11.0. The molecule has 5 nitrogen and oxygen atoms in total.